The Bertz CT molecular complexity index is 254. The molecule has 0 radical (unpaired) electrons. The molecule has 1 aliphatic heterocycles. The molecule has 1 saturated heterocycles. The van der Waals surface area contributed by atoms with E-state index in [-0.39, 0.29) is 24.4 Å². The second-order valence-corrected chi connectivity index (χ2v) is 3.90. The van der Waals surface area contributed by atoms with E-state index in [4.69, 9.17) is 9.47 Å². The number of rotatable bonds is 4. The third-order valence-electron chi connectivity index (χ3n) is 2.70. The van der Waals surface area contributed by atoms with Crippen molar-refractivity contribution in [1.29, 1.82) is 0 Å². The Morgan fingerprint density at radius 3 is 2.81 bits per heavy atom. The first-order chi connectivity index (χ1) is 7.67. The highest BCUT2D eigenvalue weighted by atomic mass is 16.5. The van der Waals surface area contributed by atoms with Crippen molar-refractivity contribution >= 4 is 11.9 Å². The fourth-order valence-corrected chi connectivity index (χ4v) is 1.95. The van der Waals surface area contributed by atoms with E-state index in [2.05, 4.69) is 0 Å². The third kappa shape index (κ3) is 3.81. The van der Waals surface area contributed by atoms with E-state index in [1.807, 2.05) is 4.90 Å². The van der Waals surface area contributed by atoms with Crippen molar-refractivity contribution < 1.29 is 19.1 Å². The molecule has 0 bridgehead atoms. The zero-order valence-corrected chi connectivity index (χ0v) is 9.90. The van der Waals surface area contributed by atoms with Gasteiger partial charge in [0.1, 0.15) is 0 Å². The van der Waals surface area contributed by atoms with Crippen LogP contribution in [0.5, 0.6) is 0 Å². The number of hydrogen-bond donors (Lipinski definition) is 0. The van der Waals surface area contributed by atoms with E-state index in [9.17, 15) is 9.59 Å². The second kappa shape index (κ2) is 6.48. The van der Waals surface area contributed by atoms with Crippen molar-refractivity contribution in [3.63, 3.8) is 0 Å². The molecule has 5 nitrogen and oxygen atoms in total. The number of likely N-dealkylation sites (tertiary alicyclic amines) is 1. The van der Waals surface area contributed by atoms with E-state index in [0.717, 1.165) is 19.4 Å². The summed E-state index contributed by atoms with van der Waals surface area (Å²) in [6, 6.07) is 0. The maximum absolute atomic E-state index is 11.4. The first kappa shape index (κ1) is 13.0. The fraction of sp³-hybridized carbons (Fsp3) is 0.818. The minimum Gasteiger partial charge on any atom is -0.469 e. The Hall–Kier alpha value is -1.10. The molecule has 1 fully saturated rings. The van der Waals surface area contributed by atoms with Crippen molar-refractivity contribution in [1.82, 2.24) is 4.90 Å². The topological polar surface area (TPSA) is 55.8 Å². The summed E-state index contributed by atoms with van der Waals surface area (Å²) in [6.07, 6.45) is 1.76. The molecule has 92 valence electrons. The number of esters is 2. The molecule has 1 heterocycles. The first-order valence-electron chi connectivity index (χ1n) is 5.63. The number of methoxy groups -OCH3 is 1. The highest BCUT2D eigenvalue weighted by Gasteiger charge is 2.27. The van der Waals surface area contributed by atoms with E-state index in [1.54, 1.807) is 6.92 Å². The molecule has 5 heteroatoms. The lowest BCUT2D eigenvalue weighted by Crippen LogP contribution is -2.42. The number of carbonyl (C=O) groups excluding carboxylic acids is 2. The Morgan fingerprint density at radius 2 is 2.19 bits per heavy atom. The Labute approximate surface area is 95.7 Å². The molecule has 0 aromatic heterocycles. The molecule has 0 aromatic carbocycles. The van der Waals surface area contributed by atoms with Crippen LogP contribution in [0.3, 0.4) is 0 Å². The van der Waals surface area contributed by atoms with Crippen LogP contribution in [0.15, 0.2) is 0 Å². The van der Waals surface area contributed by atoms with E-state index in [0.29, 0.717) is 13.2 Å². The van der Waals surface area contributed by atoms with Gasteiger partial charge in [-0.25, -0.2) is 0 Å². The monoisotopic (exact) mass is 229 g/mol. The fourth-order valence-electron chi connectivity index (χ4n) is 1.95. The molecule has 0 N–H and O–H groups in total. The van der Waals surface area contributed by atoms with Gasteiger partial charge in [0.25, 0.3) is 0 Å². The molecular weight excluding hydrogens is 210 g/mol. The average Bonchev–Trinajstić information content (AvgIpc) is 2.28. The summed E-state index contributed by atoms with van der Waals surface area (Å²) in [4.78, 5) is 24.6. The van der Waals surface area contributed by atoms with Gasteiger partial charge in [0.15, 0.2) is 0 Å². The Balaban J connectivity index is 2.38. The van der Waals surface area contributed by atoms with Crippen LogP contribution in [0.25, 0.3) is 0 Å². The third-order valence-corrected chi connectivity index (χ3v) is 2.70. The minimum absolute atomic E-state index is 0.104. The molecule has 0 aromatic rings. The van der Waals surface area contributed by atoms with Gasteiger partial charge in [0.2, 0.25) is 0 Å². The van der Waals surface area contributed by atoms with Crippen molar-refractivity contribution in [2.45, 2.75) is 19.8 Å². The largest absolute Gasteiger partial charge is 0.469 e. The number of nitrogens with zero attached hydrogens (tertiary/aromatic N) is 1. The quantitative estimate of drug-likeness (QED) is 0.654. The van der Waals surface area contributed by atoms with Gasteiger partial charge >= 0.3 is 11.9 Å². The molecule has 1 aliphatic rings. The maximum Gasteiger partial charge on any atom is 0.320 e. The van der Waals surface area contributed by atoms with Crippen molar-refractivity contribution in [3.05, 3.63) is 0 Å². The Morgan fingerprint density at radius 1 is 1.44 bits per heavy atom. The molecule has 16 heavy (non-hydrogen) atoms. The van der Waals surface area contributed by atoms with Crippen LogP contribution in [0.1, 0.15) is 19.8 Å². The summed E-state index contributed by atoms with van der Waals surface area (Å²) in [5.74, 6) is -0.519. The molecule has 0 unspecified atom stereocenters. The summed E-state index contributed by atoms with van der Waals surface area (Å²) >= 11 is 0. The first-order valence-corrected chi connectivity index (χ1v) is 5.63. The van der Waals surface area contributed by atoms with Crippen molar-refractivity contribution in [3.8, 4) is 0 Å². The molecule has 0 spiro atoms. The van der Waals surface area contributed by atoms with Gasteiger partial charge in [0.05, 0.1) is 26.2 Å². The van der Waals surface area contributed by atoms with Gasteiger partial charge < -0.3 is 9.47 Å². The van der Waals surface area contributed by atoms with Gasteiger partial charge in [0, 0.05) is 6.54 Å². The van der Waals surface area contributed by atoms with Gasteiger partial charge in [-0.1, -0.05) is 0 Å². The standard InChI is InChI=1S/C11H19NO4/c1-3-16-10(13)8-12-6-4-5-9(7-12)11(14)15-2/h9H,3-8H2,1-2H3/t9-/m0/s1. The number of hydrogen-bond acceptors (Lipinski definition) is 5. The van der Waals surface area contributed by atoms with E-state index >= 15 is 0 Å². The molecule has 0 saturated carbocycles. The lowest BCUT2D eigenvalue weighted by molar-refractivity contribution is -0.150. The Kier molecular flexibility index (Phi) is 5.25. The lowest BCUT2D eigenvalue weighted by Gasteiger charge is -2.30. The number of ether oxygens (including phenoxy) is 2. The zero-order chi connectivity index (χ0) is 12.0. The number of piperidine rings is 1. The van der Waals surface area contributed by atoms with E-state index < -0.39 is 0 Å². The summed E-state index contributed by atoms with van der Waals surface area (Å²) in [5.41, 5.74) is 0. The minimum atomic E-state index is -0.229. The van der Waals surface area contributed by atoms with Crippen LogP contribution in [0, 0.1) is 5.92 Å². The smallest absolute Gasteiger partial charge is 0.320 e. The predicted molar refractivity (Wildman–Crippen MR) is 57.8 cm³/mol. The highest BCUT2D eigenvalue weighted by molar-refractivity contribution is 5.73. The molecular formula is C11H19NO4. The zero-order valence-electron chi connectivity index (χ0n) is 9.90. The van der Waals surface area contributed by atoms with Gasteiger partial charge in [-0.05, 0) is 26.3 Å². The summed E-state index contributed by atoms with van der Waals surface area (Å²) in [7, 11) is 1.40. The van der Waals surface area contributed by atoms with Gasteiger partial charge in [-0.15, -0.1) is 0 Å². The summed E-state index contributed by atoms with van der Waals surface area (Å²) in [6.45, 7) is 3.87. The van der Waals surface area contributed by atoms with Crippen LogP contribution >= 0.6 is 0 Å². The van der Waals surface area contributed by atoms with Crippen LogP contribution in [-0.4, -0.2) is 50.2 Å². The highest BCUT2D eigenvalue weighted by Crippen LogP contribution is 2.17. The average molecular weight is 229 g/mol. The maximum atomic E-state index is 11.4. The lowest BCUT2D eigenvalue weighted by atomic mass is 9.98. The van der Waals surface area contributed by atoms with Crippen LogP contribution in [0.2, 0.25) is 0 Å². The van der Waals surface area contributed by atoms with Gasteiger partial charge in [-0.2, -0.15) is 0 Å². The SMILES string of the molecule is CCOC(=O)CN1CCC[C@H](C(=O)OC)C1. The molecule has 0 amide bonds. The molecule has 1 atom stereocenters. The van der Waals surface area contributed by atoms with Crippen LogP contribution < -0.4 is 0 Å². The molecule has 0 aliphatic carbocycles. The summed E-state index contributed by atoms with van der Waals surface area (Å²) in [5, 5.41) is 0. The van der Waals surface area contributed by atoms with E-state index in [1.165, 1.54) is 7.11 Å². The van der Waals surface area contributed by atoms with Crippen LogP contribution in [-0.2, 0) is 19.1 Å². The van der Waals surface area contributed by atoms with Crippen molar-refractivity contribution in [2.24, 2.45) is 5.92 Å². The number of carbonyl (C=O) groups is 2. The molecule has 1 rings (SSSR count). The van der Waals surface area contributed by atoms with Gasteiger partial charge in [-0.3, -0.25) is 14.5 Å². The summed E-state index contributed by atoms with van der Waals surface area (Å²) < 4.78 is 9.58. The second-order valence-electron chi connectivity index (χ2n) is 3.90. The van der Waals surface area contributed by atoms with Crippen LogP contribution in [0.4, 0.5) is 0 Å². The normalized spacial score (nSPS) is 21.5. The predicted octanol–water partition coefficient (Wildman–Crippen LogP) is 0.435. The van der Waals surface area contributed by atoms with Crippen molar-refractivity contribution in [2.75, 3.05) is 33.4 Å².